The number of benzene rings is 1. The van der Waals surface area contributed by atoms with Crippen molar-refractivity contribution in [3.8, 4) is 0 Å². The molecule has 1 aromatic heterocycles. The minimum absolute atomic E-state index is 0.0455. The number of aromatic nitrogens is 2. The maximum absolute atomic E-state index is 13.3. The summed E-state index contributed by atoms with van der Waals surface area (Å²) in [4.78, 5) is 17.7. The molecule has 0 radical (unpaired) electrons. The van der Waals surface area contributed by atoms with Crippen LogP contribution in [0.2, 0.25) is 0 Å². The van der Waals surface area contributed by atoms with E-state index in [9.17, 15) is 4.79 Å². The summed E-state index contributed by atoms with van der Waals surface area (Å²) < 4.78 is 5.50. The van der Waals surface area contributed by atoms with E-state index in [1.807, 2.05) is 11.9 Å². The zero-order valence-corrected chi connectivity index (χ0v) is 16.0. The van der Waals surface area contributed by atoms with Gasteiger partial charge in [0.2, 0.25) is 0 Å². The van der Waals surface area contributed by atoms with Gasteiger partial charge in [-0.15, -0.1) is 0 Å². The molecule has 4 saturated heterocycles. The molecule has 0 aliphatic carbocycles. The summed E-state index contributed by atoms with van der Waals surface area (Å²) in [6, 6.07) is 6.72. The highest BCUT2D eigenvalue weighted by Crippen LogP contribution is 2.33. The smallest absolute Gasteiger partial charge is 0.275 e. The van der Waals surface area contributed by atoms with Crippen molar-refractivity contribution in [2.45, 2.75) is 37.6 Å². The topological polar surface area (TPSA) is 61.5 Å². The van der Waals surface area contributed by atoms with Crippen LogP contribution in [0.1, 0.15) is 47.7 Å². The number of piperidine rings is 3. The van der Waals surface area contributed by atoms with E-state index in [1.54, 1.807) is 0 Å². The number of amides is 1. The Kier molecular flexibility index (Phi) is 4.40. The Morgan fingerprint density at radius 1 is 1.22 bits per heavy atom. The van der Waals surface area contributed by atoms with Crippen molar-refractivity contribution in [3.63, 3.8) is 0 Å². The average molecular weight is 368 g/mol. The number of nitrogens with one attached hydrogen (secondary N) is 1. The fraction of sp³-hybridized carbons (Fsp3) is 0.619. The Morgan fingerprint density at radius 2 is 2.00 bits per heavy atom. The predicted octanol–water partition coefficient (Wildman–Crippen LogP) is 2.62. The second kappa shape index (κ2) is 6.91. The lowest BCUT2D eigenvalue weighted by molar-refractivity contribution is 0.0160. The summed E-state index contributed by atoms with van der Waals surface area (Å²) in [5.74, 6) is 1.19. The van der Waals surface area contributed by atoms with E-state index in [-0.39, 0.29) is 5.91 Å². The number of likely N-dealkylation sites (N-methyl/N-ethyl adjacent to an activating group) is 1. The first-order valence-electron chi connectivity index (χ1n) is 10.3. The third-order valence-electron chi connectivity index (χ3n) is 6.92. The van der Waals surface area contributed by atoms with E-state index in [1.165, 1.54) is 31.5 Å². The summed E-state index contributed by atoms with van der Waals surface area (Å²) in [5.41, 5.74) is 2.81. The fourth-order valence-corrected chi connectivity index (χ4v) is 5.17. The number of H-pyrrole nitrogens is 1. The van der Waals surface area contributed by atoms with Gasteiger partial charge in [0, 0.05) is 38.2 Å². The van der Waals surface area contributed by atoms with E-state index in [4.69, 9.17) is 4.74 Å². The number of nitrogens with zero attached hydrogens (tertiary/aromatic N) is 3. The Morgan fingerprint density at radius 3 is 2.70 bits per heavy atom. The largest absolute Gasteiger partial charge is 0.381 e. The summed E-state index contributed by atoms with van der Waals surface area (Å²) >= 11 is 0. The van der Waals surface area contributed by atoms with Crippen LogP contribution in [0.15, 0.2) is 18.2 Å². The van der Waals surface area contributed by atoms with E-state index < -0.39 is 0 Å². The summed E-state index contributed by atoms with van der Waals surface area (Å²) in [7, 11) is 1.96. The van der Waals surface area contributed by atoms with Gasteiger partial charge in [0.1, 0.15) is 0 Å². The molecule has 144 valence electrons. The van der Waals surface area contributed by atoms with Gasteiger partial charge in [0.25, 0.3) is 5.91 Å². The quantitative estimate of drug-likeness (QED) is 0.905. The highest BCUT2D eigenvalue weighted by Gasteiger charge is 2.38. The van der Waals surface area contributed by atoms with Crippen molar-refractivity contribution >= 4 is 16.8 Å². The highest BCUT2D eigenvalue weighted by molar-refractivity contribution is 6.04. The zero-order chi connectivity index (χ0) is 18.4. The summed E-state index contributed by atoms with van der Waals surface area (Å²) in [6.07, 6.45) is 4.51. The summed E-state index contributed by atoms with van der Waals surface area (Å²) in [5, 5.41) is 8.42. The van der Waals surface area contributed by atoms with Crippen molar-refractivity contribution in [1.82, 2.24) is 20.0 Å². The molecule has 27 heavy (non-hydrogen) atoms. The lowest BCUT2D eigenvalue weighted by Gasteiger charge is -2.47. The number of aromatic amines is 1. The molecule has 4 aliphatic heterocycles. The fourth-order valence-electron chi connectivity index (χ4n) is 5.17. The number of fused-ring (bicyclic) bond motifs is 4. The lowest BCUT2D eigenvalue weighted by Crippen LogP contribution is -2.57. The van der Waals surface area contributed by atoms with Gasteiger partial charge in [-0.2, -0.15) is 5.10 Å². The van der Waals surface area contributed by atoms with Crippen molar-refractivity contribution in [2.24, 2.45) is 5.92 Å². The SMILES string of the molecule is CN(C(=O)c1n[nH]c2ccc(C3CCOCC3)cc12)[C@@H]1CN2CCC1CC2. The van der Waals surface area contributed by atoms with E-state index in [0.29, 0.717) is 23.6 Å². The predicted molar refractivity (Wildman–Crippen MR) is 104 cm³/mol. The van der Waals surface area contributed by atoms with Crippen LogP contribution in [0.3, 0.4) is 0 Å². The molecule has 4 aliphatic rings. The molecule has 0 spiro atoms. The molecule has 6 rings (SSSR count). The van der Waals surface area contributed by atoms with Crippen LogP contribution in [0.4, 0.5) is 0 Å². The molecule has 2 aromatic rings. The van der Waals surface area contributed by atoms with Gasteiger partial charge < -0.3 is 14.5 Å². The van der Waals surface area contributed by atoms with Crippen LogP contribution in [0.25, 0.3) is 10.9 Å². The van der Waals surface area contributed by atoms with Crippen LogP contribution in [-0.2, 0) is 4.74 Å². The molecule has 5 heterocycles. The third kappa shape index (κ3) is 3.05. The zero-order valence-electron chi connectivity index (χ0n) is 16.0. The first-order chi connectivity index (χ1) is 13.2. The van der Waals surface area contributed by atoms with Crippen LogP contribution in [-0.4, -0.2) is 71.8 Å². The molecule has 1 N–H and O–H groups in total. The number of carbonyl (C=O) groups is 1. The van der Waals surface area contributed by atoms with E-state index in [0.717, 1.165) is 43.5 Å². The van der Waals surface area contributed by atoms with Gasteiger partial charge >= 0.3 is 0 Å². The number of hydrogen-bond acceptors (Lipinski definition) is 4. The second-order valence-electron chi connectivity index (χ2n) is 8.39. The summed E-state index contributed by atoms with van der Waals surface area (Å²) in [6.45, 7) is 5.01. The van der Waals surface area contributed by atoms with Gasteiger partial charge in [-0.25, -0.2) is 0 Å². The van der Waals surface area contributed by atoms with Crippen molar-refractivity contribution in [1.29, 1.82) is 0 Å². The maximum atomic E-state index is 13.3. The molecule has 0 saturated carbocycles. The van der Waals surface area contributed by atoms with Crippen LogP contribution >= 0.6 is 0 Å². The van der Waals surface area contributed by atoms with Crippen molar-refractivity contribution in [3.05, 3.63) is 29.5 Å². The Bertz CT molecular complexity index is 834. The molecular formula is C21H28N4O2. The van der Waals surface area contributed by atoms with E-state index in [2.05, 4.69) is 33.3 Å². The molecule has 2 bridgehead atoms. The first-order valence-corrected chi connectivity index (χ1v) is 10.3. The third-order valence-corrected chi connectivity index (χ3v) is 6.92. The van der Waals surface area contributed by atoms with Gasteiger partial charge in [0.05, 0.1) is 5.52 Å². The molecule has 6 nitrogen and oxygen atoms in total. The van der Waals surface area contributed by atoms with Crippen LogP contribution in [0.5, 0.6) is 0 Å². The molecule has 1 atom stereocenters. The normalized spacial score (nSPS) is 28.6. The molecule has 0 unspecified atom stereocenters. The maximum Gasteiger partial charge on any atom is 0.275 e. The average Bonchev–Trinajstić information content (AvgIpc) is 3.17. The molecule has 6 heteroatoms. The number of carbonyl (C=O) groups excluding carboxylic acids is 1. The van der Waals surface area contributed by atoms with Gasteiger partial charge in [-0.3, -0.25) is 9.89 Å². The Balaban J connectivity index is 1.42. The first kappa shape index (κ1) is 17.2. The van der Waals surface area contributed by atoms with Crippen molar-refractivity contribution in [2.75, 3.05) is 39.9 Å². The monoisotopic (exact) mass is 368 g/mol. The highest BCUT2D eigenvalue weighted by atomic mass is 16.5. The number of hydrogen-bond donors (Lipinski definition) is 1. The van der Waals surface area contributed by atoms with Gasteiger partial charge in [-0.1, -0.05) is 6.07 Å². The minimum atomic E-state index is 0.0455. The number of rotatable bonds is 3. The Labute approximate surface area is 159 Å². The van der Waals surface area contributed by atoms with Crippen LogP contribution < -0.4 is 0 Å². The van der Waals surface area contributed by atoms with Crippen LogP contribution in [0, 0.1) is 5.92 Å². The standard InChI is InChI=1S/C21H28N4O2/c1-24(19-13-25-8-4-15(19)5-9-25)21(26)20-17-12-16(2-3-18(17)22-23-20)14-6-10-27-11-7-14/h2-3,12,14-15,19H,4-11,13H2,1H3,(H,22,23)/t19-/m1/s1. The minimum Gasteiger partial charge on any atom is -0.381 e. The Hall–Kier alpha value is -1.92. The van der Waals surface area contributed by atoms with Gasteiger partial charge in [-0.05, 0) is 68.3 Å². The van der Waals surface area contributed by atoms with Gasteiger partial charge in [0.15, 0.2) is 5.69 Å². The van der Waals surface area contributed by atoms with Crippen molar-refractivity contribution < 1.29 is 9.53 Å². The second-order valence-corrected chi connectivity index (χ2v) is 8.39. The lowest BCUT2D eigenvalue weighted by atomic mass is 9.83. The van der Waals surface area contributed by atoms with E-state index >= 15 is 0 Å². The molecular weight excluding hydrogens is 340 g/mol. The molecule has 1 amide bonds. The molecule has 4 fully saturated rings. The molecule has 1 aromatic carbocycles. The number of ether oxygens (including phenoxy) is 1.